The van der Waals surface area contributed by atoms with Crippen molar-refractivity contribution >= 4 is 0 Å². The number of hydrogen-bond acceptors (Lipinski definition) is 2. The number of rotatable bonds is 5. The third-order valence-corrected chi connectivity index (χ3v) is 3.81. The summed E-state index contributed by atoms with van der Waals surface area (Å²) < 4.78 is 0. The van der Waals surface area contributed by atoms with E-state index in [0.717, 1.165) is 6.54 Å². The second kappa shape index (κ2) is 6.18. The van der Waals surface area contributed by atoms with Crippen molar-refractivity contribution in [3.63, 3.8) is 0 Å². The van der Waals surface area contributed by atoms with Crippen molar-refractivity contribution in [1.82, 2.24) is 5.32 Å². The topological polar surface area (TPSA) is 38.0 Å². The minimum absolute atomic E-state index is 0.355. The summed E-state index contributed by atoms with van der Waals surface area (Å²) in [5.41, 5.74) is 8.77. The summed E-state index contributed by atoms with van der Waals surface area (Å²) in [6.07, 6.45) is 5.28. The van der Waals surface area contributed by atoms with Gasteiger partial charge in [0.25, 0.3) is 0 Å². The second-order valence-corrected chi connectivity index (χ2v) is 5.02. The number of benzene rings is 1. The Morgan fingerprint density at radius 1 is 1.24 bits per heavy atom. The molecule has 0 radical (unpaired) electrons. The van der Waals surface area contributed by atoms with Gasteiger partial charge in [0.15, 0.2) is 0 Å². The predicted octanol–water partition coefficient (Wildman–Crippen LogP) is 2.95. The molecule has 2 rings (SSSR count). The van der Waals surface area contributed by atoms with Gasteiger partial charge in [0.2, 0.25) is 0 Å². The molecule has 0 saturated carbocycles. The maximum atomic E-state index is 5.82. The summed E-state index contributed by atoms with van der Waals surface area (Å²) in [6.45, 7) is 4.04. The Morgan fingerprint density at radius 2 is 2.00 bits per heavy atom. The lowest BCUT2D eigenvalue weighted by atomic mass is 9.84. The van der Waals surface area contributed by atoms with Gasteiger partial charge in [-0.1, -0.05) is 50.5 Å². The molecule has 1 aromatic carbocycles. The normalized spacial score (nSPS) is 23.4. The van der Waals surface area contributed by atoms with Gasteiger partial charge in [-0.15, -0.1) is 0 Å². The molecule has 0 aromatic heterocycles. The Bertz CT molecular complexity index is 349. The lowest BCUT2D eigenvalue weighted by molar-refractivity contribution is 0.433. The average molecular weight is 232 g/mol. The van der Waals surface area contributed by atoms with Crippen molar-refractivity contribution in [1.29, 1.82) is 0 Å². The summed E-state index contributed by atoms with van der Waals surface area (Å²) in [7, 11) is 0. The molecule has 0 amide bonds. The van der Waals surface area contributed by atoms with Gasteiger partial charge >= 0.3 is 0 Å². The van der Waals surface area contributed by atoms with E-state index in [-0.39, 0.29) is 0 Å². The molecule has 0 saturated heterocycles. The van der Waals surface area contributed by atoms with Crippen molar-refractivity contribution in [2.24, 2.45) is 5.73 Å². The molecule has 1 heterocycles. The van der Waals surface area contributed by atoms with E-state index in [1.807, 2.05) is 0 Å². The molecule has 0 fully saturated rings. The van der Waals surface area contributed by atoms with Gasteiger partial charge in [-0.3, -0.25) is 0 Å². The molecular weight excluding hydrogens is 208 g/mol. The molecule has 2 unspecified atom stereocenters. The molecule has 17 heavy (non-hydrogen) atoms. The first kappa shape index (κ1) is 12.6. The highest BCUT2D eigenvalue weighted by atomic mass is 14.9. The summed E-state index contributed by atoms with van der Waals surface area (Å²) >= 11 is 0. The Labute approximate surface area is 105 Å². The molecule has 0 spiro atoms. The molecule has 1 aliphatic heterocycles. The van der Waals surface area contributed by atoms with Crippen LogP contribution in [0, 0.1) is 0 Å². The predicted molar refractivity (Wildman–Crippen MR) is 73.1 cm³/mol. The molecule has 2 nitrogen and oxygen atoms in total. The Hall–Kier alpha value is -0.860. The van der Waals surface area contributed by atoms with Crippen LogP contribution in [0.25, 0.3) is 0 Å². The lowest BCUT2D eigenvalue weighted by Gasteiger charge is -2.32. The molecule has 2 heteroatoms. The number of nitrogens with two attached hydrogens (primary N) is 1. The SMILES string of the molecule is CCCCCC1CNC(CN)c2ccccc21. The minimum atomic E-state index is 0.355. The zero-order valence-electron chi connectivity index (χ0n) is 10.8. The summed E-state index contributed by atoms with van der Waals surface area (Å²) in [6, 6.07) is 9.15. The van der Waals surface area contributed by atoms with Crippen LogP contribution in [-0.4, -0.2) is 13.1 Å². The van der Waals surface area contributed by atoms with Crippen LogP contribution >= 0.6 is 0 Å². The zero-order chi connectivity index (χ0) is 12.1. The standard InChI is InChI=1S/C15H24N2/c1-2-3-4-7-12-11-17-15(10-16)14-9-6-5-8-13(12)14/h5-6,8-9,12,15,17H,2-4,7,10-11,16H2,1H3. The zero-order valence-corrected chi connectivity index (χ0v) is 10.8. The number of fused-ring (bicyclic) bond motifs is 1. The summed E-state index contributed by atoms with van der Waals surface area (Å²) in [5, 5.41) is 3.58. The van der Waals surface area contributed by atoms with Gasteiger partial charge in [0.1, 0.15) is 0 Å². The fraction of sp³-hybridized carbons (Fsp3) is 0.600. The third kappa shape index (κ3) is 2.88. The highest BCUT2D eigenvalue weighted by Gasteiger charge is 2.24. The van der Waals surface area contributed by atoms with E-state index in [2.05, 4.69) is 36.5 Å². The molecule has 3 N–H and O–H groups in total. The van der Waals surface area contributed by atoms with Crippen molar-refractivity contribution in [3.05, 3.63) is 35.4 Å². The van der Waals surface area contributed by atoms with E-state index in [1.165, 1.54) is 36.8 Å². The van der Waals surface area contributed by atoms with Crippen LogP contribution < -0.4 is 11.1 Å². The Balaban J connectivity index is 2.10. The molecular formula is C15H24N2. The lowest BCUT2D eigenvalue weighted by Crippen LogP contribution is -2.37. The quantitative estimate of drug-likeness (QED) is 0.766. The second-order valence-electron chi connectivity index (χ2n) is 5.02. The summed E-state index contributed by atoms with van der Waals surface area (Å²) in [5.74, 6) is 0.681. The van der Waals surface area contributed by atoms with Gasteiger partial charge in [-0.05, 0) is 23.5 Å². The van der Waals surface area contributed by atoms with Crippen LogP contribution in [0.1, 0.15) is 55.7 Å². The highest BCUT2D eigenvalue weighted by Crippen LogP contribution is 2.32. The van der Waals surface area contributed by atoms with E-state index < -0.39 is 0 Å². The van der Waals surface area contributed by atoms with Crippen LogP contribution in [0.5, 0.6) is 0 Å². The van der Waals surface area contributed by atoms with Gasteiger partial charge < -0.3 is 11.1 Å². The van der Waals surface area contributed by atoms with Crippen molar-refractivity contribution in [2.75, 3.05) is 13.1 Å². The van der Waals surface area contributed by atoms with Crippen molar-refractivity contribution in [2.45, 2.75) is 44.6 Å². The fourth-order valence-electron chi connectivity index (χ4n) is 2.81. The molecule has 0 bridgehead atoms. The van der Waals surface area contributed by atoms with E-state index in [4.69, 9.17) is 5.73 Å². The van der Waals surface area contributed by atoms with Crippen LogP contribution in [0.15, 0.2) is 24.3 Å². The number of unbranched alkanes of at least 4 members (excludes halogenated alkanes) is 2. The van der Waals surface area contributed by atoms with Crippen LogP contribution in [-0.2, 0) is 0 Å². The van der Waals surface area contributed by atoms with E-state index in [1.54, 1.807) is 0 Å². The monoisotopic (exact) mass is 232 g/mol. The van der Waals surface area contributed by atoms with E-state index in [9.17, 15) is 0 Å². The Morgan fingerprint density at radius 3 is 2.71 bits per heavy atom. The maximum Gasteiger partial charge on any atom is 0.0447 e. The molecule has 1 aliphatic rings. The van der Waals surface area contributed by atoms with Crippen LogP contribution in [0.2, 0.25) is 0 Å². The largest absolute Gasteiger partial charge is 0.329 e. The van der Waals surface area contributed by atoms with E-state index in [0.29, 0.717) is 18.5 Å². The van der Waals surface area contributed by atoms with Gasteiger partial charge in [-0.2, -0.15) is 0 Å². The molecule has 94 valence electrons. The van der Waals surface area contributed by atoms with Crippen molar-refractivity contribution in [3.8, 4) is 0 Å². The van der Waals surface area contributed by atoms with Crippen molar-refractivity contribution < 1.29 is 0 Å². The molecule has 1 aromatic rings. The highest BCUT2D eigenvalue weighted by molar-refractivity contribution is 5.35. The van der Waals surface area contributed by atoms with E-state index >= 15 is 0 Å². The van der Waals surface area contributed by atoms with Crippen LogP contribution in [0.3, 0.4) is 0 Å². The fourth-order valence-corrected chi connectivity index (χ4v) is 2.81. The van der Waals surface area contributed by atoms with Gasteiger partial charge in [0, 0.05) is 19.1 Å². The molecule has 0 aliphatic carbocycles. The third-order valence-electron chi connectivity index (χ3n) is 3.81. The minimum Gasteiger partial charge on any atom is -0.329 e. The van der Waals surface area contributed by atoms with Gasteiger partial charge in [0.05, 0.1) is 0 Å². The Kier molecular flexibility index (Phi) is 4.57. The molecule has 2 atom stereocenters. The smallest absolute Gasteiger partial charge is 0.0447 e. The van der Waals surface area contributed by atoms with Crippen LogP contribution in [0.4, 0.5) is 0 Å². The number of hydrogen-bond donors (Lipinski definition) is 2. The first-order chi connectivity index (χ1) is 8.36. The first-order valence-corrected chi connectivity index (χ1v) is 6.89. The maximum absolute atomic E-state index is 5.82. The summed E-state index contributed by atoms with van der Waals surface area (Å²) in [4.78, 5) is 0. The first-order valence-electron chi connectivity index (χ1n) is 6.89. The average Bonchev–Trinajstić information content (AvgIpc) is 2.39. The number of nitrogens with one attached hydrogen (secondary N) is 1. The van der Waals surface area contributed by atoms with Gasteiger partial charge in [-0.25, -0.2) is 0 Å².